The average Bonchev–Trinajstić information content (AvgIpc) is 2.61. The maximum absolute atomic E-state index is 13.2. The number of pyridine rings is 2. The van der Waals surface area contributed by atoms with Crippen LogP contribution in [0.3, 0.4) is 0 Å². The minimum Gasteiger partial charge on any atom is -0.366 e. The van der Waals surface area contributed by atoms with Gasteiger partial charge in [0.05, 0.1) is 16.8 Å². The number of rotatable bonds is 6. The van der Waals surface area contributed by atoms with Crippen LogP contribution in [0.5, 0.6) is 0 Å². The summed E-state index contributed by atoms with van der Waals surface area (Å²) in [6, 6.07) is 10.6. The Kier molecular flexibility index (Phi) is 5.13. The Morgan fingerprint density at radius 1 is 1.12 bits per heavy atom. The number of hydrogen-bond acceptors (Lipinski definition) is 5. The van der Waals surface area contributed by atoms with E-state index >= 15 is 0 Å². The van der Waals surface area contributed by atoms with Gasteiger partial charge < -0.3 is 5.32 Å². The molecule has 134 valence electrons. The highest BCUT2D eigenvalue weighted by Gasteiger charge is 2.17. The van der Waals surface area contributed by atoms with Crippen molar-refractivity contribution in [1.82, 2.24) is 9.97 Å². The summed E-state index contributed by atoms with van der Waals surface area (Å²) >= 11 is 0. The fraction of sp³-hybridized carbons (Fsp3) is 0.111. The van der Waals surface area contributed by atoms with E-state index in [1.165, 1.54) is 18.3 Å². The first-order valence-corrected chi connectivity index (χ1v) is 9.30. The molecule has 0 saturated heterocycles. The van der Waals surface area contributed by atoms with Crippen molar-refractivity contribution >= 4 is 21.5 Å². The predicted octanol–water partition coefficient (Wildman–Crippen LogP) is 3.34. The monoisotopic (exact) mass is 372 g/mol. The van der Waals surface area contributed by atoms with Crippen LogP contribution >= 0.6 is 0 Å². The number of aryl methyl sites for hydroxylation is 1. The summed E-state index contributed by atoms with van der Waals surface area (Å²) in [6.07, 6.45) is 4.87. The standard InChI is InChI=1S/C18H17FN4O2S/c1-13-9-15(19)4-6-17(13)26(24,25)23-16-5-7-18(22-12-16)21-11-14-3-2-8-20-10-14/h2-10,12,23H,11H2,1H3,(H,21,22). The molecule has 0 aliphatic heterocycles. The largest absolute Gasteiger partial charge is 0.366 e. The number of sulfonamides is 1. The molecule has 2 N–H and O–H groups in total. The normalized spacial score (nSPS) is 11.2. The van der Waals surface area contributed by atoms with Crippen LogP contribution in [0.15, 0.2) is 66.0 Å². The van der Waals surface area contributed by atoms with E-state index in [9.17, 15) is 12.8 Å². The van der Waals surface area contributed by atoms with Crippen LogP contribution in [0.1, 0.15) is 11.1 Å². The maximum atomic E-state index is 13.2. The Hall–Kier alpha value is -3.00. The molecule has 0 spiro atoms. The van der Waals surface area contributed by atoms with Gasteiger partial charge in [0, 0.05) is 18.9 Å². The Morgan fingerprint density at radius 3 is 2.62 bits per heavy atom. The lowest BCUT2D eigenvalue weighted by molar-refractivity contribution is 0.598. The van der Waals surface area contributed by atoms with Gasteiger partial charge in [0.25, 0.3) is 10.0 Å². The molecule has 0 amide bonds. The number of nitrogens with one attached hydrogen (secondary N) is 2. The SMILES string of the molecule is Cc1cc(F)ccc1S(=O)(=O)Nc1ccc(NCc2cccnc2)nc1. The molecule has 0 atom stereocenters. The summed E-state index contributed by atoms with van der Waals surface area (Å²) in [6.45, 7) is 2.10. The third kappa shape index (κ3) is 4.34. The van der Waals surface area contributed by atoms with Crippen LogP contribution in [-0.2, 0) is 16.6 Å². The lowest BCUT2D eigenvalue weighted by atomic mass is 10.2. The second kappa shape index (κ2) is 7.49. The van der Waals surface area contributed by atoms with Crippen molar-refractivity contribution in [2.24, 2.45) is 0 Å². The van der Waals surface area contributed by atoms with Crippen LogP contribution in [0, 0.1) is 12.7 Å². The van der Waals surface area contributed by atoms with Crippen molar-refractivity contribution < 1.29 is 12.8 Å². The highest BCUT2D eigenvalue weighted by molar-refractivity contribution is 7.92. The fourth-order valence-corrected chi connectivity index (χ4v) is 3.65. The molecule has 0 bridgehead atoms. The van der Waals surface area contributed by atoms with Gasteiger partial charge in [-0.1, -0.05) is 6.07 Å². The zero-order chi connectivity index (χ0) is 18.6. The minimum atomic E-state index is -3.81. The minimum absolute atomic E-state index is 0.0256. The first-order chi connectivity index (χ1) is 12.4. The van der Waals surface area contributed by atoms with Gasteiger partial charge in [0.15, 0.2) is 0 Å². The van der Waals surface area contributed by atoms with Gasteiger partial charge >= 0.3 is 0 Å². The maximum Gasteiger partial charge on any atom is 0.262 e. The number of anilines is 2. The highest BCUT2D eigenvalue weighted by atomic mass is 32.2. The Bertz CT molecular complexity index is 993. The number of benzene rings is 1. The van der Waals surface area contributed by atoms with E-state index in [1.807, 2.05) is 12.1 Å². The molecule has 2 heterocycles. The fourth-order valence-electron chi connectivity index (χ4n) is 2.38. The summed E-state index contributed by atoms with van der Waals surface area (Å²) in [5.41, 5.74) is 1.66. The van der Waals surface area contributed by atoms with E-state index in [1.54, 1.807) is 31.5 Å². The number of hydrogen-bond donors (Lipinski definition) is 2. The smallest absolute Gasteiger partial charge is 0.262 e. The van der Waals surface area contributed by atoms with Crippen molar-refractivity contribution in [3.05, 3.63) is 78.0 Å². The predicted molar refractivity (Wildman–Crippen MR) is 97.7 cm³/mol. The lowest BCUT2D eigenvalue weighted by Crippen LogP contribution is -2.14. The van der Waals surface area contributed by atoms with Gasteiger partial charge in [0.1, 0.15) is 11.6 Å². The number of aromatic nitrogens is 2. The van der Waals surface area contributed by atoms with Gasteiger partial charge in [-0.3, -0.25) is 9.71 Å². The van der Waals surface area contributed by atoms with Gasteiger partial charge in [-0.2, -0.15) is 0 Å². The molecule has 0 saturated carbocycles. The van der Waals surface area contributed by atoms with Crippen molar-refractivity contribution in [2.45, 2.75) is 18.4 Å². The highest BCUT2D eigenvalue weighted by Crippen LogP contribution is 2.20. The summed E-state index contributed by atoms with van der Waals surface area (Å²) < 4.78 is 40.5. The van der Waals surface area contributed by atoms with Crippen molar-refractivity contribution in [3.8, 4) is 0 Å². The molecular formula is C18H17FN4O2S. The first kappa shape index (κ1) is 17.8. The van der Waals surface area contributed by atoms with E-state index in [4.69, 9.17) is 0 Å². The molecular weight excluding hydrogens is 355 g/mol. The molecule has 0 radical (unpaired) electrons. The molecule has 26 heavy (non-hydrogen) atoms. The molecule has 3 rings (SSSR count). The van der Waals surface area contributed by atoms with Gasteiger partial charge in [-0.05, 0) is 54.4 Å². The first-order valence-electron chi connectivity index (χ1n) is 7.82. The summed E-state index contributed by atoms with van der Waals surface area (Å²) in [5.74, 6) is 0.127. The van der Waals surface area contributed by atoms with E-state index in [-0.39, 0.29) is 4.90 Å². The molecule has 0 aliphatic carbocycles. The van der Waals surface area contributed by atoms with E-state index in [0.717, 1.165) is 11.6 Å². The molecule has 0 fully saturated rings. The second-order valence-corrected chi connectivity index (χ2v) is 7.31. The van der Waals surface area contributed by atoms with E-state index < -0.39 is 15.8 Å². The summed E-state index contributed by atoms with van der Waals surface area (Å²) in [5, 5.41) is 3.13. The van der Waals surface area contributed by atoms with E-state index in [0.29, 0.717) is 23.6 Å². The Morgan fingerprint density at radius 2 is 1.96 bits per heavy atom. The van der Waals surface area contributed by atoms with Crippen LogP contribution in [0.2, 0.25) is 0 Å². The molecule has 8 heteroatoms. The Balaban J connectivity index is 1.68. The third-order valence-electron chi connectivity index (χ3n) is 3.64. The topological polar surface area (TPSA) is 84.0 Å². The van der Waals surface area contributed by atoms with Crippen LogP contribution in [-0.4, -0.2) is 18.4 Å². The van der Waals surface area contributed by atoms with Gasteiger partial charge in [-0.25, -0.2) is 17.8 Å². The summed E-state index contributed by atoms with van der Waals surface area (Å²) in [7, 11) is -3.81. The van der Waals surface area contributed by atoms with Crippen LogP contribution < -0.4 is 10.0 Å². The zero-order valence-corrected chi connectivity index (χ0v) is 14.8. The second-order valence-electron chi connectivity index (χ2n) is 5.66. The van der Waals surface area contributed by atoms with Crippen molar-refractivity contribution in [1.29, 1.82) is 0 Å². The van der Waals surface area contributed by atoms with Crippen molar-refractivity contribution in [2.75, 3.05) is 10.0 Å². The van der Waals surface area contributed by atoms with Gasteiger partial charge in [0.2, 0.25) is 0 Å². The lowest BCUT2D eigenvalue weighted by Gasteiger charge is -2.11. The molecule has 0 unspecified atom stereocenters. The van der Waals surface area contributed by atoms with E-state index in [2.05, 4.69) is 20.0 Å². The average molecular weight is 372 g/mol. The zero-order valence-electron chi connectivity index (χ0n) is 14.0. The van der Waals surface area contributed by atoms with Crippen LogP contribution in [0.4, 0.5) is 15.9 Å². The Labute approximate surface area is 151 Å². The summed E-state index contributed by atoms with van der Waals surface area (Å²) in [4.78, 5) is 8.25. The molecule has 1 aromatic carbocycles. The van der Waals surface area contributed by atoms with Gasteiger partial charge in [-0.15, -0.1) is 0 Å². The number of halogens is 1. The third-order valence-corrected chi connectivity index (χ3v) is 5.18. The number of nitrogens with zero attached hydrogens (tertiary/aromatic N) is 2. The van der Waals surface area contributed by atoms with Crippen LogP contribution in [0.25, 0.3) is 0 Å². The quantitative estimate of drug-likeness (QED) is 0.693. The molecule has 3 aromatic rings. The van der Waals surface area contributed by atoms with Crippen molar-refractivity contribution in [3.63, 3.8) is 0 Å². The molecule has 6 nitrogen and oxygen atoms in total. The molecule has 2 aromatic heterocycles. The molecule has 0 aliphatic rings.